The molecule has 23 heavy (non-hydrogen) atoms. The molecule has 3 N–H and O–H groups in total. The lowest BCUT2D eigenvalue weighted by atomic mass is 9.35. The Kier molecular flexibility index (Phi) is 2.68. The van der Waals surface area contributed by atoms with Gasteiger partial charge in [-0.25, -0.2) is 0 Å². The van der Waals surface area contributed by atoms with Gasteiger partial charge in [0.15, 0.2) is 17.9 Å². The first kappa shape index (κ1) is 15.3. The highest BCUT2D eigenvalue weighted by Crippen LogP contribution is 2.85. The molecule has 2 unspecified atom stereocenters. The lowest BCUT2D eigenvalue weighted by molar-refractivity contribution is -0.370. The first-order chi connectivity index (χ1) is 10.3. The van der Waals surface area contributed by atoms with E-state index >= 15 is 0 Å². The monoisotopic (exact) mass is 318 g/mol. The van der Waals surface area contributed by atoms with Crippen LogP contribution in [0.5, 0.6) is 0 Å². The van der Waals surface area contributed by atoms with Gasteiger partial charge in [-0.05, 0) is 13.3 Å². The summed E-state index contributed by atoms with van der Waals surface area (Å²) in [5, 5.41) is 10.8. The van der Waals surface area contributed by atoms with Gasteiger partial charge in [-0.3, -0.25) is 4.79 Å². The fraction of sp³-hybridized carbons (Fsp3) is 0.611. The highest BCUT2D eigenvalue weighted by atomic mass is 16.8. The molecule has 0 radical (unpaired) electrons. The Balaban J connectivity index is 0.00000135. The molecular formula is C18H22O5. The standard InChI is InChI=1S/C18H20O4.H2O/c1-15-9-13-17(15,8-12(19)11-6-4-3-5-7-11)14-21-16(15,2)10-18(13,20)22-14;/h3-7,13-14,20H,8-10H2,1-2H3;1H2/t13-,14?,15+,16+,17?,18-;/m1./s1. The molecule has 0 spiro atoms. The molecule has 5 heteroatoms. The Morgan fingerprint density at radius 1 is 1.26 bits per heavy atom. The van der Waals surface area contributed by atoms with Gasteiger partial charge in [0.2, 0.25) is 0 Å². The summed E-state index contributed by atoms with van der Waals surface area (Å²) >= 11 is 0. The van der Waals surface area contributed by atoms with E-state index < -0.39 is 17.7 Å². The van der Waals surface area contributed by atoms with E-state index in [0.29, 0.717) is 12.8 Å². The van der Waals surface area contributed by atoms with Gasteiger partial charge in [-0.15, -0.1) is 0 Å². The smallest absolute Gasteiger partial charge is 0.175 e. The summed E-state index contributed by atoms with van der Waals surface area (Å²) in [6.45, 7) is 4.27. The van der Waals surface area contributed by atoms with Crippen molar-refractivity contribution in [3.63, 3.8) is 0 Å². The van der Waals surface area contributed by atoms with Gasteiger partial charge in [0.25, 0.3) is 0 Å². The zero-order valence-electron chi connectivity index (χ0n) is 13.3. The van der Waals surface area contributed by atoms with Crippen LogP contribution in [0.15, 0.2) is 30.3 Å². The molecule has 3 saturated heterocycles. The fourth-order valence-electron chi connectivity index (χ4n) is 5.87. The Labute approximate surface area is 134 Å². The minimum absolute atomic E-state index is 0. The molecule has 6 bridgehead atoms. The SMILES string of the molecule is C[C@@]12C[C@@]3(O)OC(O1)C1(CC(=O)c4ccccc4)[C@H]3C[C@]12C.O. The minimum atomic E-state index is -1.10. The molecule has 5 nitrogen and oxygen atoms in total. The van der Waals surface area contributed by atoms with Crippen molar-refractivity contribution >= 4 is 5.78 Å². The summed E-state index contributed by atoms with van der Waals surface area (Å²) in [4.78, 5) is 12.8. The molecule has 3 aliphatic carbocycles. The van der Waals surface area contributed by atoms with Gasteiger partial charge in [0.05, 0.1) is 5.60 Å². The van der Waals surface area contributed by atoms with E-state index in [-0.39, 0.29) is 28.0 Å². The van der Waals surface area contributed by atoms with Crippen molar-refractivity contribution in [2.75, 3.05) is 0 Å². The quantitative estimate of drug-likeness (QED) is 0.859. The van der Waals surface area contributed by atoms with Gasteiger partial charge >= 0.3 is 0 Å². The average Bonchev–Trinajstić information content (AvgIpc) is 2.66. The molecule has 1 aromatic rings. The number of Topliss-reactive ketones (excluding diaryl/α,β-unsaturated/α-hetero) is 1. The summed E-state index contributed by atoms with van der Waals surface area (Å²) < 4.78 is 12.0. The minimum Gasteiger partial charge on any atom is -0.412 e. The molecule has 0 amide bonds. The molecule has 1 aromatic carbocycles. The highest BCUT2D eigenvalue weighted by molar-refractivity contribution is 5.96. The molecule has 7 rings (SSSR count). The van der Waals surface area contributed by atoms with Crippen LogP contribution in [0.3, 0.4) is 0 Å². The molecule has 124 valence electrons. The van der Waals surface area contributed by atoms with Crippen LogP contribution in [0.4, 0.5) is 0 Å². The summed E-state index contributed by atoms with van der Waals surface area (Å²) in [7, 11) is 0. The number of aliphatic hydroxyl groups is 1. The first-order valence-electron chi connectivity index (χ1n) is 8.01. The predicted molar refractivity (Wildman–Crippen MR) is 81.6 cm³/mol. The van der Waals surface area contributed by atoms with Crippen LogP contribution in [0.1, 0.15) is 43.5 Å². The van der Waals surface area contributed by atoms with Gasteiger partial charge in [0.1, 0.15) is 0 Å². The van der Waals surface area contributed by atoms with Crippen molar-refractivity contribution in [1.29, 1.82) is 0 Å². The van der Waals surface area contributed by atoms with Crippen molar-refractivity contribution < 1.29 is 24.9 Å². The Morgan fingerprint density at radius 2 is 1.96 bits per heavy atom. The lowest BCUT2D eigenvalue weighted by Gasteiger charge is -2.67. The molecule has 3 saturated carbocycles. The number of ketones is 1. The van der Waals surface area contributed by atoms with E-state index in [2.05, 4.69) is 13.8 Å². The number of ether oxygens (including phenoxy) is 2. The molecule has 6 fully saturated rings. The topological polar surface area (TPSA) is 87.3 Å². The van der Waals surface area contributed by atoms with Gasteiger partial charge in [-0.1, -0.05) is 37.3 Å². The van der Waals surface area contributed by atoms with Crippen molar-refractivity contribution in [1.82, 2.24) is 0 Å². The molecule has 6 atom stereocenters. The summed E-state index contributed by atoms with van der Waals surface area (Å²) in [5.41, 5.74) is -0.135. The third-order valence-corrected chi connectivity index (χ3v) is 7.21. The van der Waals surface area contributed by atoms with Crippen LogP contribution in [0, 0.1) is 16.7 Å². The maximum atomic E-state index is 12.8. The first-order valence-corrected chi connectivity index (χ1v) is 8.01. The van der Waals surface area contributed by atoms with Crippen LogP contribution in [0.2, 0.25) is 0 Å². The second kappa shape index (κ2) is 4.03. The number of carbonyl (C=O) groups is 1. The normalized spacial score (nSPS) is 51.3. The zero-order chi connectivity index (χ0) is 15.4. The average molecular weight is 318 g/mol. The molecular weight excluding hydrogens is 296 g/mol. The van der Waals surface area contributed by atoms with Crippen LogP contribution >= 0.6 is 0 Å². The molecule has 0 aromatic heterocycles. The number of hydrogen-bond donors (Lipinski definition) is 1. The van der Waals surface area contributed by atoms with Crippen molar-refractivity contribution in [2.45, 2.75) is 50.8 Å². The van der Waals surface area contributed by atoms with Crippen LogP contribution < -0.4 is 0 Å². The van der Waals surface area contributed by atoms with E-state index in [1.807, 2.05) is 30.3 Å². The molecule has 3 aliphatic heterocycles. The predicted octanol–water partition coefficient (Wildman–Crippen LogP) is 1.68. The van der Waals surface area contributed by atoms with E-state index in [1.54, 1.807) is 0 Å². The Bertz CT molecular complexity index is 690. The van der Waals surface area contributed by atoms with Gasteiger partial charge in [-0.2, -0.15) is 0 Å². The summed E-state index contributed by atoms with van der Waals surface area (Å²) in [6, 6.07) is 9.38. The summed E-state index contributed by atoms with van der Waals surface area (Å²) in [6.07, 6.45) is 1.32. The van der Waals surface area contributed by atoms with Crippen molar-refractivity contribution in [3.8, 4) is 0 Å². The largest absolute Gasteiger partial charge is 0.412 e. The maximum absolute atomic E-state index is 12.8. The third-order valence-electron chi connectivity index (χ3n) is 7.21. The van der Waals surface area contributed by atoms with Gasteiger partial charge < -0.3 is 20.1 Å². The van der Waals surface area contributed by atoms with Crippen molar-refractivity contribution in [3.05, 3.63) is 35.9 Å². The van der Waals surface area contributed by atoms with E-state index in [9.17, 15) is 9.90 Å². The fourth-order valence-corrected chi connectivity index (χ4v) is 5.87. The zero-order valence-corrected chi connectivity index (χ0v) is 13.3. The number of rotatable bonds is 3. The number of benzene rings is 1. The lowest BCUT2D eigenvalue weighted by Crippen LogP contribution is -2.72. The molecule has 6 aliphatic rings. The summed E-state index contributed by atoms with van der Waals surface area (Å²) in [5.74, 6) is -0.978. The highest BCUT2D eigenvalue weighted by Gasteiger charge is 2.91. The van der Waals surface area contributed by atoms with Crippen LogP contribution in [-0.4, -0.2) is 34.0 Å². The van der Waals surface area contributed by atoms with E-state index in [0.717, 1.165) is 12.0 Å². The van der Waals surface area contributed by atoms with Crippen molar-refractivity contribution in [2.24, 2.45) is 16.7 Å². The van der Waals surface area contributed by atoms with Crippen LogP contribution in [-0.2, 0) is 9.47 Å². The second-order valence-electron chi connectivity index (χ2n) is 7.92. The van der Waals surface area contributed by atoms with Crippen LogP contribution in [0.25, 0.3) is 0 Å². The maximum Gasteiger partial charge on any atom is 0.175 e. The second-order valence-corrected chi connectivity index (χ2v) is 7.92. The number of hydrogen-bond acceptors (Lipinski definition) is 4. The van der Waals surface area contributed by atoms with E-state index in [1.165, 1.54) is 0 Å². The Morgan fingerprint density at radius 3 is 2.65 bits per heavy atom. The van der Waals surface area contributed by atoms with E-state index in [4.69, 9.17) is 9.47 Å². The Hall–Kier alpha value is -1.27. The number of carbonyl (C=O) groups excluding carboxylic acids is 1. The molecule has 3 heterocycles. The third kappa shape index (κ3) is 1.37. The van der Waals surface area contributed by atoms with Gasteiger partial charge in [0, 0.05) is 35.2 Å².